The van der Waals surface area contributed by atoms with Crippen LogP contribution in [-0.2, 0) is 4.79 Å². The summed E-state index contributed by atoms with van der Waals surface area (Å²) in [6.07, 6.45) is 4.40. The van der Waals surface area contributed by atoms with Crippen molar-refractivity contribution in [2.75, 3.05) is 11.9 Å². The molecule has 104 valence electrons. The number of thiazole rings is 1. The summed E-state index contributed by atoms with van der Waals surface area (Å²) in [6, 6.07) is 8.44. The fourth-order valence-corrected chi connectivity index (χ4v) is 3.08. The maximum Gasteiger partial charge on any atom is 0.222 e. The minimum absolute atomic E-state index is 0.135. The number of hydrogen-bond donors (Lipinski definition) is 2. The fraction of sp³-hybridized carbons (Fsp3) is 0.333. The second-order valence-electron chi connectivity index (χ2n) is 4.96. The van der Waals surface area contributed by atoms with E-state index in [4.69, 9.17) is 0 Å². The monoisotopic (exact) mass is 287 g/mol. The molecular formula is C15H17N3OS. The van der Waals surface area contributed by atoms with Gasteiger partial charge in [-0.05, 0) is 25.0 Å². The first-order valence-corrected chi connectivity index (χ1v) is 7.72. The summed E-state index contributed by atoms with van der Waals surface area (Å²) >= 11 is 1.63. The van der Waals surface area contributed by atoms with Crippen LogP contribution in [0.1, 0.15) is 19.3 Å². The summed E-state index contributed by atoms with van der Waals surface area (Å²) < 4.78 is 0. The lowest BCUT2D eigenvalue weighted by atomic mass is 10.1. The van der Waals surface area contributed by atoms with Gasteiger partial charge in [-0.2, -0.15) is 0 Å². The highest BCUT2D eigenvalue weighted by atomic mass is 32.1. The van der Waals surface area contributed by atoms with Gasteiger partial charge in [0.2, 0.25) is 5.91 Å². The highest BCUT2D eigenvalue weighted by Crippen LogP contribution is 2.25. The molecule has 0 radical (unpaired) electrons. The molecule has 2 N–H and O–H groups in total. The molecule has 1 aliphatic rings. The highest BCUT2D eigenvalue weighted by Gasteiger charge is 2.17. The van der Waals surface area contributed by atoms with Crippen molar-refractivity contribution in [1.29, 1.82) is 0 Å². The standard InChI is InChI=1S/C15H17N3OS/c19-14-10-13(5-2-6-16-14)18-12-4-1-3-11(9-12)15-17-7-8-20-15/h1,3-4,7-9,13,18H,2,5-6,10H2,(H,16,19). The molecule has 0 aliphatic carbocycles. The van der Waals surface area contributed by atoms with Crippen molar-refractivity contribution in [3.8, 4) is 10.6 Å². The van der Waals surface area contributed by atoms with Crippen LogP contribution in [0, 0.1) is 0 Å². The van der Waals surface area contributed by atoms with E-state index >= 15 is 0 Å². The van der Waals surface area contributed by atoms with Crippen molar-refractivity contribution in [1.82, 2.24) is 10.3 Å². The third kappa shape index (κ3) is 3.17. The summed E-state index contributed by atoms with van der Waals surface area (Å²) in [5, 5.41) is 9.37. The lowest BCUT2D eigenvalue weighted by Gasteiger charge is -2.17. The SMILES string of the molecule is O=C1CC(Nc2cccc(-c3nccs3)c2)CCCN1. The number of carbonyl (C=O) groups excluding carboxylic acids is 1. The van der Waals surface area contributed by atoms with Crippen molar-refractivity contribution < 1.29 is 4.79 Å². The van der Waals surface area contributed by atoms with Gasteiger partial charge in [0, 0.05) is 41.8 Å². The zero-order valence-corrected chi connectivity index (χ0v) is 12.0. The Balaban J connectivity index is 1.74. The molecular weight excluding hydrogens is 270 g/mol. The summed E-state index contributed by atoms with van der Waals surface area (Å²) in [5.41, 5.74) is 2.17. The molecule has 3 rings (SSSR count). The maximum atomic E-state index is 11.6. The summed E-state index contributed by atoms with van der Waals surface area (Å²) in [7, 11) is 0. The third-order valence-corrected chi connectivity index (χ3v) is 4.22. The largest absolute Gasteiger partial charge is 0.382 e. The third-order valence-electron chi connectivity index (χ3n) is 3.40. The van der Waals surface area contributed by atoms with Crippen LogP contribution in [-0.4, -0.2) is 23.5 Å². The second kappa shape index (κ2) is 6.05. The molecule has 1 fully saturated rings. The molecule has 1 saturated heterocycles. The zero-order valence-electron chi connectivity index (χ0n) is 11.1. The van der Waals surface area contributed by atoms with Gasteiger partial charge in [0.25, 0.3) is 0 Å². The minimum Gasteiger partial charge on any atom is -0.382 e. The van der Waals surface area contributed by atoms with E-state index in [0.717, 1.165) is 35.6 Å². The van der Waals surface area contributed by atoms with Crippen LogP contribution >= 0.6 is 11.3 Å². The summed E-state index contributed by atoms with van der Waals surface area (Å²) in [4.78, 5) is 15.9. The van der Waals surface area contributed by atoms with Crippen molar-refractivity contribution in [2.24, 2.45) is 0 Å². The number of nitrogens with one attached hydrogen (secondary N) is 2. The molecule has 1 aromatic heterocycles. The van der Waals surface area contributed by atoms with Gasteiger partial charge in [0.15, 0.2) is 0 Å². The summed E-state index contributed by atoms with van der Waals surface area (Å²) in [5.74, 6) is 0.135. The van der Waals surface area contributed by atoms with Crippen LogP contribution in [0.2, 0.25) is 0 Å². The predicted molar refractivity (Wildman–Crippen MR) is 81.8 cm³/mol. The number of nitrogens with zero attached hydrogens (tertiary/aromatic N) is 1. The van der Waals surface area contributed by atoms with Gasteiger partial charge in [0.1, 0.15) is 5.01 Å². The Hall–Kier alpha value is -1.88. The van der Waals surface area contributed by atoms with E-state index in [1.54, 1.807) is 11.3 Å². The van der Waals surface area contributed by atoms with E-state index in [0.29, 0.717) is 6.42 Å². The van der Waals surface area contributed by atoms with E-state index in [9.17, 15) is 4.79 Å². The first kappa shape index (κ1) is 13.1. The molecule has 2 heterocycles. The van der Waals surface area contributed by atoms with E-state index in [1.807, 2.05) is 23.7 Å². The molecule has 1 aromatic carbocycles. The molecule has 0 spiro atoms. The smallest absolute Gasteiger partial charge is 0.222 e. The second-order valence-corrected chi connectivity index (χ2v) is 5.85. The van der Waals surface area contributed by atoms with Crippen molar-refractivity contribution in [2.45, 2.75) is 25.3 Å². The molecule has 2 aromatic rings. The van der Waals surface area contributed by atoms with Gasteiger partial charge in [-0.1, -0.05) is 12.1 Å². The number of rotatable bonds is 3. The normalized spacial score (nSPS) is 19.2. The average molecular weight is 287 g/mol. The van der Waals surface area contributed by atoms with Crippen LogP contribution in [0.15, 0.2) is 35.8 Å². The van der Waals surface area contributed by atoms with Gasteiger partial charge in [-0.15, -0.1) is 11.3 Å². The Morgan fingerprint density at radius 2 is 2.35 bits per heavy atom. The van der Waals surface area contributed by atoms with Crippen molar-refractivity contribution >= 4 is 22.9 Å². The topological polar surface area (TPSA) is 54.0 Å². The molecule has 1 unspecified atom stereocenters. The number of amides is 1. The molecule has 0 bridgehead atoms. The molecule has 1 amide bonds. The average Bonchev–Trinajstić information content (AvgIpc) is 2.91. The molecule has 1 atom stereocenters. The van der Waals surface area contributed by atoms with Gasteiger partial charge in [-0.25, -0.2) is 4.98 Å². The Labute approximate surface area is 122 Å². The summed E-state index contributed by atoms with van der Waals surface area (Å²) in [6.45, 7) is 0.788. The zero-order chi connectivity index (χ0) is 13.8. The van der Waals surface area contributed by atoms with Crippen LogP contribution in [0.3, 0.4) is 0 Å². The number of hydrogen-bond acceptors (Lipinski definition) is 4. The van der Waals surface area contributed by atoms with E-state index in [-0.39, 0.29) is 11.9 Å². The fourth-order valence-electron chi connectivity index (χ4n) is 2.44. The quantitative estimate of drug-likeness (QED) is 0.912. The van der Waals surface area contributed by atoms with Gasteiger partial charge in [0.05, 0.1) is 0 Å². The van der Waals surface area contributed by atoms with Gasteiger partial charge < -0.3 is 10.6 Å². The molecule has 20 heavy (non-hydrogen) atoms. The molecule has 0 saturated carbocycles. The van der Waals surface area contributed by atoms with Gasteiger partial charge in [-0.3, -0.25) is 4.79 Å². The van der Waals surface area contributed by atoms with Crippen molar-refractivity contribution in [3.05, 3.63) is 35.8 Å². The van der Waals surface area contributed by atoms with E-state index < -0.39 is 0 Å². The first-order valence-electron chi connectivity index (χ1n) is 6.84. The van der Waals surface area contributed by atoms with Crippen LogP contribution < -0.4 is 10.6 Å². The molecule has 4 nitrogen and oxygen atoms in total. The Morgan fingerprint density at radius 1 is 1.40 bits per heavy atom. The molecule has 5 heteroatoms. The lowest BCUT2D eigenvalue weighted by molar-refractivity contribution is -0.120. The van der Waals surface area contributed by atoms with Crippen LogP contribution in [0.5, 0.6) is 0 Å². The minimum atomic E-state index is 0.135. The number of benzene rings is 1. The lowest BCUT2D eigenvalue weighted by Crippen LogP contribution is -2.26. The van der Waals surface area contributed by atoms with E-state index in [2.05, 4.69) is 27.8 Å². The predicted octanol–water partition coefficient (Wildman–Crippen LogP) is 2.89. The van der Waals surface area contributed by atoms with Crippen LogP contribution in [0.25, 0.3) is 10.6 Å². The maximum absolute atomic E-state index is 11.6. The number of carbonyl (C=O) groups is 1. The molecule has 1 aliphatic heterocycles. The Morgan fingerprint density at radius 3 is 3.20 bits per heavy atom. The Bertz CT molecular complexity index is 583. The van der Waals surface area contributed by atoms with Crippen LogP contribution in [0.4, 0.5) is 5.69 Å². The van der Waals surface area contributed by atoms with Crippen molar-refractivity contribution in [3.63, 3.8) is 0 Å². The number of anilines is 1. The number of aromatic nitrogens is 1. The van der Waals surface area contributed by atoms with E-state index in [1.165, 1.54) is 0 Å². The van der Waals surface area contributed by atoms with Gasteiger partial charge >= 0.3 is 0 Å². The highest BCUT2D eigenvalue weighted by molar-refractivity contribution is 7.13. The first-order chi connectivity index (χ1) is 9.81. The Kier molecular flexibility index (Phi) is 3.97.